The lowest BCUT2D eigenvalue weighted by molar-refractivity contribution is 0.129. The molecular formula is C10H14N2OS. The van der Waals surface area contributed by atoms with Crippen LogP contribution in [-0.4, -0.2) is 23.4 Å². The van der Waals surface area contributed by atoms with E-state index in [1.165, 1.54) is 12.8 Å². The zero-order valence-electron chi connectivity index (χ0n) is 7.98. The number of pyridine rings is 1. The van der Waals surface area contributed by atoms with Gasteiger partial charge in [-0.05, 0) is 25.0 Å². The van der Waals surface area contributed by atoms with E-state index in [0.717, 1.165) is 17.4 Å². The number of thioether (sulfide) groups is 1. The summed E-state index contributed by atoms with van der Waals surface area (Å²) in [6, 6.07) is 3.83. The fourth-order valence-corrected chi connectivity index (χ4v) is 2.34. The van der Waals surface area contributed by atoms with Crippen molar-refractivity contribution in [2.75, 3.05) is 18.1 Å². The quantitative estimate of drug-likeness (QED) is 0.774. The van der Waals surface area contributed by atoms with Gasteiger partial charge in [-0.3, -0.25) is 0 Å². The first kappa shape index (κ1) is 9.80. The molecule has 0 aliphatic carbocycles. The third-order valence-electron chi connectivity index (χ3n) is 2.20. The molecule has 1 atom stereocenters. The Bertz CT molecular complexity index is 283. The summed E-state index contributed by atoms with van der Waals surface area (Å²) in [7, 11) is 0. The number of hydrogen-bond acceptors (Lipinski definition) is 4. The van der Waals surface area contributed by atoms with E-state index in [2.05, 4.69) is 4.98 Å². The van der Waals surface area contributed by atoms with E-state index in [9.17, 15) is 0 Å². The van der Waals surface area contributed by atoms with Gasteiger partial charge in [0.1, 0.15) is 0 Å². The van der Waals surface area contributed by atoms with Crippen LogP contribution in [0.3, 0.4) is 0 Å². The Kier molecular flexibility index (Phi) is 3.26. The van der Waals surface area contributed by atoms with E-state index in [-0.39, 0.29) is 0 Å². The molecule has 1 aromatic heterocycles. The fraction of sp³-hybridized carbons (Fsp3) is 0.500. The van der Waals surface area contributed by atoms with Crippen LogP contribution < -0.4 is 5.73 Å². The van der Waals surface area contributed by atoms with Crippen molar-refractivity contribution in [2.45, 2.75) is 24.0 Å². The van der Waals surface area contributed by atoms with Crippen LogP contribution in [-0.2, 0) is 4.74 Å². The van der Waals surface area contributed by atoms with Gasteiger partial charge in [0, 0.05) is 12.4 Å². The van der Waals surface area contributed by atoms with E-state index in [1.807, 2.05) is 12.1 Å². The predicted octanol–water partition coefficient (Wildman–Crippen LogP) is 1.93. The molecule has 1 aliphatic heterocycles. The van der Waals surface area contributed by atoms with Crippen LogP contribution in [0, 0.1) is 0 Å². The average molecular weight is 210 g/mol. The first-order chi connectivity index (χ1) is 6.84. The van der Waals surface area contributed by atoms with E-state index in [4.69, 9.17) is 10.5 Å². The van der Waals surface area contributed by atoms with Gasteiger partial charge in [0.25, 0.3) is 0 Å². The van der Waals surface area contributed by atoms with E-state index < -0.39 is 0 Å². The van der Waals surface area contributed by atoms with Crippen LogP contribution in [0.1, 0.15) is 12.8 Å². The van der Waals surface area contributed by atoms with Crippen molar-refractivity contribution in [1.29, 1.82) is 0 Å². The Hall–Kier alpha value is -0.740. The molecule has 2 N–H and O–H groups in total. The topological polar surface area (TPSA) is 48.1 Å². The molecule has 0 radical (unpaired) electrons. The second kappa shape index (κ2) is 4.66. The molecule has 1 fully saturated rings. The highest BCUT2D eigenvalue weighted by atomic mass is 32.2. The molecule has 1 aliphatic rings. The highest BCUT2D eigenvalue weighted by Gasteiger charge is 2.15. The van der Waals surface area contributed by atoms with Gasteiger partial charge in [0.2, 0.25) is 0 Å². The number of anilines is 1. The van der Waals surface area contributed by atoms with E-state index >= 15 is 0 Å². The largest absolute Gasteiger partial charge is 0.397 e. The molecule has 3 nitrogen and oxygen atoms in total. The van der Waals surface area contributed by atoms with Crippen LogP contribution in [0.5, 0.6) is 0 Å². The lowest BCUT2D eigenvalue weighted by Crippen LogP contribution is -2.07. The van der Waals surface area contributed by atoms with Gasteiger partial charge >= 0.3 is 0 Å². The van der Waals surface area contributed by atoms with Crippen molar-refractivity contribution in [3.8, 4) is 0 Å². The third kappa shape index (κ3) is 2.62. The smallest absolute Gasteiger partial charge is 0.0962 e. The maximum Gasteiger partial charge on any atom is 0.0962 e. The number of nitrogens with zero attached hydrogens (tertiary/aromatic N) is 1. The maximum atomic E-state index is 5.55. The van der Waals surface area contributed by atoms with Crippen LogP contribution in [0.15, 0.2) is 23.4 Å². The van der Waals surface area contributed by atoms with Gasteiger partial charge in [-0.2, -0.15) is 0 Å². The average Bonchev–Trinajstić information content (AvgIpc) is 2.70. The van der Waals surface area contributed by atoms with Crippen molar-refractivity contribution in [2.24, 2.45) is 0 Å². The lowest BCUT2D eigenvalue weighted by atomic mass is 10.3. The molecule has 4 heteroatoms. The lowest BCUT2D eigenvalue weighted by Gasteiger charge is -2.07. The molecule has 1 aromatic rings. The Labute approximate surface area is 88.0 Å². The van der Waals surface area contributed by atoms with Gasteiger partial charge in [-0.1, -0.05) is 0 Å². The zero-order chi connectivity index (χ0) is 9.80. The number of aromatic nitrogens is 1. The molecular weight excluding hydrogens is 196 g/mol. The number of ether oxygens (including phenoxy) is 1. The highest BCUT2D eigenvalue weighted by Crippen LogP contribution is 2.22. The second-order valence-electron chi connectivity index (χ2n) is 3.38. The molecule has 76 valence electrons. The minimum atomic E-state index is 0.416. The SMILES string of the molecule is Nc1ccc(SCC2CCCO2)nc1. The first-order valence-electron chi connectivity index (χ1n) is 4.80. The summed E-state index contributed by atoms with van der Waals surface area (Å²) >= 11 is 1.73. The number of hydrogen-bond donors (Lipinski definition) is 1. The van der Waals surface area contributed by atoms with Crippen molar-refractivity contribution >= 4 is 17.4 Å². The van der Waals surface area contributed by atoms with E-state index in [1.54, 1.807) is 18.0 Å². The monoisotopic (exact) mass is 210 g/mol. The van der Waals surface area contributed by atoms with Gasteiger partial charge in [-0.25, -0.2) is 4.98 Å². The van der Waals surface area contributed by atoms with Crippen molar-refractivity contribution in [3.63, 3.8) is 0 Å². The molecule has 0 spiro atoms. The summed E-state index contributed by atoms with van der Waals surface area (Å²) in [5, 5.41) is 1.02. The zero-order valence-corrected chi connectivity index (χ0v) is 8.80. The maximum absolute atomic E-state index is 5.55. The molecule has 1 unspecified atom stereocenters. The Morgan fingerprint density at radius 3 is 3.14 bits per heavy atom. The summed E-state index contributed by atoms with van der Waals surface area (Å²) in [6.45, 7) is 0.917. The molecule has 0 amide bonds. The van der Waals surface area contributed by atoms with Gasteiger partial charge in [0.15, 0.2) is 0 Å². The molecule has 0 aromatic carbocycles. The van der Waals surface area contributed by atoms with Crippen molar-refractivity contribution in [3.05, 3.63) is 18.3 Å². The molecule has 1 saturated heterocycles. The minimum absolute atomic E-state index is 0.416. The molecule has 2 heterocycles. The summed E-state index contributed by atoms with van der Waals surface area (Å²) in [5.41, 5.74) is 6.26. The Morgan fingerprint density at radius 2 is 2.50 bits per heavy atom. The predicted molar refractivity (Wildman–Crippen MR) is 58.3 cm³/mol. The molecule has 14 heavy (non-hydrogen) atoms. The fourth-order valence-electron chi connectivity index (χ4n) is 1.43. The molecule has 2 rings (SSSR count). The van der Waals surface area contributed by atoms with E-state index in [0.29, 0.717) is 11.8 Å². The van der Waals surface area contributed by atoms with Crippen LogP contribution >= 0.6 is 11.8 Å². The summed E-state index contributed by atoms with van der Waals surface area (Å²) in [5.74, 6) is 0.997. The normalized spacial score (nSPS) is 21.3. The highest BCUT2D eigenvalue weighted by molar-refractivity contribution is 7.99. The third-order valence-corrected chi connectivity index (χ3v) is 3.28. The first-order valence-corrected chi connectivity index (χ1v) is 5.79. The Balaban J connectivity index is 1.82. The van der Waals surface area contributed by atoms with Gasteiger partial charge in [0.05, 0.1) is 23.0 Å². The van der Waals surface area contributed by atoms with Crippen LogP contribution in [0.2, 0.25) is 0 Å². The standard InChI is InChI=1S/C10H14N2OS/c11-8-3-4-10(12-6-8)14-7-9-2-1-5-13-9/h3-4,6,9H,1-2,5,7,11H2. The van der Waals surface area contributed by atoms with Gasteiger partial charge in [-0.15, -0.1) is 11.8 Å². The summed E-state index contributed by atoms with van der Waals surface area (Å²) in [4.78, 5) is 4.22. The second-order valence-corrected chi connectivity index (χ2v) is 4.42. The summed E-state index contributed by atoms with van der Waals surface area (Å²) in [6.07, 6.45) is 4.49. The molecule has 0 saturated carbocycles. The molecule has 0 bridgehead atoms. The minimum Gasteiger partial charge on any atom is -0.397 e. The van der Waals surface area contributed by atoms with Crippen molar-refractivity contribution in [1.82, 2.24) is 4.98 Å². The van der Waals surface area contributed by atoms with Crippen LogP contribution in [0.25, 0.3) is 0 Å². The van der Waals surface area contributed by atoms with Crippen molar-refractivity contribution < 1.29 is 4.74 Å². The van der Waals surface area contributed by atoms with Crippen LogP contribution in [0.4, 0.5) is 5.69 Å². The van der Waals surface area contributed by atoms with Gasteiger partial charge < -0.3 is 10.5 Å². The number of rotatable bonds is 3. The Morgan fingerprint density at radius 1 is 1.57 bits per heavy atom. The number of nitrogen functional groups attached to an aromatic ring is 1. The summed E-state index contributed by atoms with van der Waals surface area (Å²) < 4.78 is 5.53. The number of nitrogens with two attached hydrogens (primary N) is 1.